The van der Waals surface area contributed by atoms with Crippen molar-refractivity contribution in [3.8, 4) is 0 Å². The molecule has 1 heterocycles. The fourth-order valence-corrected chi connectivity index (χ4v) is 2.44. The average molecular weight is 260 g/mol. The minimum atomic E-state index is -0.0776. The Morgan fingerprint density at radius 3 is 2.78 bits per heavy atom. The molecule has 1 aromatic carbocycles. The van der Waals surface area contributed by atoms with Crippen molar-refractivity contribution in [3.63, 3.8) is 0 Å². The second kappa shape index (κ2) is 6.31. The van der Waals surface area contributed by atoms with E-state index in [1.165, 1.54) is 0 Å². The second-order valence-corrected chi connectivity index (χ2v) is 4.99. The highest BCUT2D eigenvalue weighted by molar-refractivity contribution is 7.09. The lowest BCUT2D eigenvalue weighted by atomic mass is 9.96. The molecule has 0 aliphatic rings. The molecular formula is C14H16N2OS. The molecule has 1 atom stereocenters. The second-order valence-electron chi connectivity index (χ2n) is 4.02. The van der Waals surface area contributed by atoms with Crippen LogP contribution in [0.25, 0.3) is 0 Å². The predicted molar refractivity (Wildman–Crippen MR) is 73.4 cm³/mol. The molecule has 0 aliphatic heterocycles. The van der Waals surface area contributed by atoms with Gasteiger partial charge in [-0.05, 0) is 12.0 Å². The standard InChI is InChI=1S/C14H16N2OS/c1-2-12(11-6-4-3-5-7-11)14(17)16-10-13-15-8-9-18-13/h3-9,12H,2,10H2,1H3,(H,16,17). The maximum absolute atomic E-state index is 12.1. The maximum Gasteiger partial charge on any atom is 0.227 e. The third-order valence-corrected chi connectivity index (χ3v) is 3.60. The van der Waals surface area contributed by atoms with E-state index < -0.39 is 0 Å². The lowest BCUT2D eigenvalue weighted by Gasteiger charge is -2.14. The van der Waals surface area contributed by atoms with Gasteiger partial charge in [0.25, 0.3) is 0 Å². The zero-order valence-electron chi connectivity index (χ0n) is 10.3. The summed E-state index contributed by atoms with van der Waals surface area (Å²) in [5.41, 5.74) is 1.07. The molecule has 0 saturated heterocycles. The molecule has 1 N–H and O–H groups in total. The molecule has 1 amide bonds. The van der Waals surface area contributed by atoms with Crippen LogP contribution in [0.5, 0.6) is 0 Å². The molecule has 0 radical (unpaired) electrons. The summed E-state index contributed by atoms with van der Waals surface area (Å²) in [5.74, 6) is -0.00920. The molecule has 4 heteroatoms. The van der Waals surface area contributed by atoms with Crippen molar-refractivity contribution in [3.05, 3.63) is 52.5 Å². The zero-order valence-corrected chi connectivity index (χ0v) is 11.1. The average Bonchev–Trinajstić information content (AvgIpc) is 2.92. The summed E-state index contributed by atoms with van der Waals surface area (Å²) in [4.78, 5) is 16.3. The van der Waals surface area contributed by atoms with Crippen LogP contribution in [0.1, 0.15) is 29.8 Å². The van der Waals surface area contributed by atoms with Crippen LogP contribution in [0.3, 0.4) is 0 Å². The molecule has 0 fully saturated rings. The number of aromatic nitrogens is 1. The molecular weight excluding hydrogens is 244 g/mol. The van der Waals surface area contributed by atoms with E-state index in [-0.39, 0.29) is 11.8 Å². The normalized spacial score (nSPS) is 12.1. The molecule has 2 rings (SSSR count). The third kappa shape index (κ3) is 3.17. The number of carbonyl (C=O) groups excluding carboxylic acids is 1. The fraction of sp³-hybridized carbons (Fsp3) is 0.286. The van der Waals surface area contributed by atoms with Crippen molar-refractivity contribution in [1.82, 2.24) is 10.3 Å². The van der Waals surface area contributed by atoms with E-state index in [0.29, 0.717) is 6.54 Å². The number of nitrogens with zero attached hydrogens (tertiary/aromatic N) is 1. The van der Waals surface area contributed by atoms with Crippen molar-refractivity contribution in [2.45, 2.75) is 25.8 Å². The smallest absolute Gasteiger partial charge is 0.227 e. The largest absolute Gasteiger partial charge is 0.349 e. The highest BCUT2D eigenvalue weighted by Gasteiger charge is 2.17. The lowest BCUT2D eigenvalue weighted by Crippen LogP contribution is -2.28. The van der Waals surface area contributed by atoms with Gasteiger partial charge in [0, 0.05) is 11.6 Å². The molecule has 2 aromatic rings. The number of thiazole rings is 1. The van der Waals surface area contributed by atoms with Gasteiger partial charge in [-0.1, -0.05) is 37.3 Å². The van der Waals surface area contributed by atoms with Crippen LogP contribution < -0.4 is 5.32 Å². The van der Waals surface area contributed by atoms with E-state index in [1.54, 1.807) is 17.5 Å². The number of hydrogen-bond acceptors (Lipinski definition) is 3. The first kappa shape index (κ1) is 12.8. The molecule has 3 nitrogen and oxygen atoms in total. The van der Waals surface area contributed by atoms with Gasteiger partial charge in [0.1, 0.15) is 5.01 Å². The Kier molecular flexibility index (Phi) is 4.47. The molecule has 94 valence electrons. The topological polar surface area (TPSA) is 42.0 Å². The van der Waals surface area contributed by atoms with Crippen LogP contribution >= 0.6 is 11.3 Å². The molecule has 18 heavy (non-hydrogen) atoms. The SMILES string of the molecule is CCC(C(=O)NCc1nccs1)c1ccccc1. The number of amides is 1. The van der Waals surface area contributed by atoms with Crippen molar-refractivity contribution in [2.75, 3.05) is 0 Å². The van der Waals surface area contributed by atoms with Crippen molar-refractivity contribution >= 4 is 17.2 Å². The summed E-state index contributed by atoms with van der Waals surface area (Å²) in [6.45, 7) is 2.54. The Morgan fingerprint density at radius 1 is 1.39 bits per heavy atom. The first-order chi connectivity index (χ1) is 8.81. The van der Waals surface area contributed by atoms with E-state index in [4.69, 9.17) is 0 Å². The first-order valence-corrected chi connectivity index (χ1v) is 6.90. The summed E-state index contributed by atoms with van der Waals surface area (Å²) >= 11 is 1.55. The van der Waals surface area contributed by atoms with E-state index >= 15 is 0 Å². The number of hydrogen-bond donors (Lipinski definition) is 1. The number of nitrogens with one attached hydrogen (secondary N) is 1. The summed E-state index contributed by atoms with van der Waals surface area (Å²) in [7, 11) is 0. The van der Waals surface area contributed by atoms with Gasteiger partial charge in [0.05, 0.1) is 12.5 Å². The van der Waals surface area contributed by atoms with Crippen molar-refractivity contribution in [2.24, 2.45) is 0 Å². The van der Waals surface area contributed by atoms with Crippen LogP contribution in [-0.4, -0.2) is 10.9 Å². The Balaban J connectivity index is 1.98. The van der Waals surface area contributed by atoms with Gasteiger partial charge in [0.15, 0.2) is 0 Å². The van der Waals surface area contributed by atoms with Gasteiger partial charge in [-0.15, -0.1) is 11.3 Å². The van der Waals surface area contributed by atoms with Gasteiger partial charge in [0.2, 0.25) is 5.91 Å². The zero-order chi connectivity index (χ0) is 12.8. The Morgan fingerprint density at radius 2 is 2.17 bits per heavy atom. The van der Waals surface area contributed by atoms with E-state index in [1.807, 2.05) is 42.6 Å². The van der Waals surface area contributed by atoms with Gasteiger partial charge in [-0.25, -0.2) is 4.98 Å². The van der Waals surface area contributed by atoms with Gasteiger partial charge >= 0.3 is 0 Å². The fourth-order valence-electron chi connectivity index (χ4n) is 1.88. The third-order valence-electron chi connectivity index (χ3n) is 2.82. The molecule has 0 bridgehead atoms. The number of carbonyl (C=O) groups is 1. The number of rotatable bonds is 5. The maximum atomic E-state index is 12.1. The Bertz CT molecular complexity index is 482. The summed E-state index contributed by atoms with van der Waals surface area (Å²) in [6.07, 6.45) is 2.55. The van der Waals surface area contributed by atoms with E-state index in [2.05, 4.69) is 10.3 Å². The van der Waals surface area contributed by atoms with E-state index in [0.717, 1.165) is 17.0 Å². The monoisotopic (exact) mass is 260 g/mol. The molecule has 0 spiro atoms. The van der Waals surface area contributed by atoms with Crippen LogP contribution in [-0.2, 0) is 11.3 Å². The minimum absolute atomic E-state index is 0.0684. The van der Waals surface area contributed by atoms with Crippen LogP contribution in [0.15, 0.2) is 41.9 Å². The van der Waals surface area contributed by atoms with Crippen LogP contribution in [0.2, 0.25) is 0 Å². The quantitative estimate of drug-likeness (QED) is 0.898. The number of benzene rings is 1. The molecule has 0 saturated carbocycles. The van der Waals surface area contributed by atoms with Gasteiger partial charge in [-0.2, -0.15) is 0 Å². The highest BCUT2D eigenvalue weighted by atomic mass is 32.1. The van der Waals surface area contributed by atoms with Crippen molar-refractivity contribution in [1.29, 1.82) is 0 Å². The lowest BCUT2D eigenvalue weighted by molar-refractivity contribution is -0.122. The van der Waals surface area contributed by atoms with E-state index in [9.17, 15) is 4.79 Å². The Hall–Kier alpha value is -1.68. The minimum Gasteiger partial charge on any atom is -0.349 e. The summed E-state index contributed by atoms with van der Waals surface area (Å²) in [5, 5.41) is 5.79. The van der Waals surface area contributed by atoms with Crippen molar-refractivity contribution < 1.29 is 4.79 Å². The Labute approximate surface area is 111 Å². The summed E-state index contributed by atoms with van der Waals surface area (Å²) < 4.78 is 0. The van der Waals surface area contributed by atoms with Gasteiger partial charge < -0.3 is 5.32 Å². The highest BCUT2D eigenvalue weighted by Crippen LogP contribution is 2.19. The molecule has 1 unspecified atom stereocenters. The predicted octanol–water partition coefficient (Wildman–Crippen LogP) is 2.95. The molecule has 1 aromatic heterocycles. The van der Waals surface area contributed by atoms with Gasteiger partial charge in [-0.3, -0.25) is 4.79 Å². The molecule has 0 aliphatic carbocycles. The van der Waals surface area contributed by atoms with Crippen LogP contribution in [0.4, 0.5) is 0 Å². The first-order valence-electron chi connectivity index (χ1n) is 6.02. The van der Waals surface area contributed by atoms with Crippen LogP contribution in [0, 0.1) is 0 Å². The summed E-state index contributed by atoms with van der Waals surface area (Å²) in [6, 6.07) is 9.89.